The van der Waals surface area contributed by atoms with Crippen molar-refractivity contribution in [3.05, 3.63) is 35.9 Å². The first-order valence-corrected chi connectivity index (χ1v) is 5.44. The minimum Gasteiger partial charge on any atom is -0.294 e. The van der Waals surface area contributed by atoms with E-state index in [1.807, 2.05) is 30.3 Å². The molecule has 0 amide bonds. The summed E-state index contributed by atoms with van der Waals surface area (Å²) in [7, 11) is 0. The van der Waals surface area contributed by atoms with Crippen molar-refractivity contribution in [2.75, 3.05) is 0 Å². The molecule has 1 aromatic rings. The van der Waals surface area contributed by atoms with Gasteiger partial charge in [0.05, 0.1) is 0 Å². The Hall–Kier alpha value is -1.11. The number of ketones is 1. The van der Waals surface area contributed by atoms with Crippen molar-refractivity contribution >= 4 is 5.78 Å². The zero-order valence-electron chi connectivity index (χ0n) is 8.41. The third-order valence-electron chi connectivity index (χ3n) is 3.10. The van der Waals surface area contributed by atoms with E-state index < -0.39 is 0 Å². The predicted molar refractivity (Wildman–Crippen MR) is 57.3 cm³/mol. The van der Waals surface area contributed by atoms with Crippen molar-refractivity contribution in [3.8, 4) is 0 Å². The van der Waals surface area contributed by atoms with Crippen molar-refractivity contribution in [1.82, 2.24) is 0 Å². The second-order valence-electron chi connectivity index (χ2n) is 4.12. The van der Waals surface area contributed by atoms with Gasteiger partial charge in [0.2, 0.25) is 0 Å². The first kappa shape index (κ1) is 9.45. The summed E-state index contributed by atoms with van der Waals surface area (Å²) < 4.78 is 0. The Bertz CT molecular complexity index is 298. The van der Waals surface area contributed by atoms with E-state index in [1.165, 1.54) is 19.3 Å². The average molecular weight is 188 g/mol. The van der Waals surface area contributed by atoms with Gasteiger partial charge >= 0.3 is 0 Å². The number of carbonyl (C=O) groups is 1. The molecule has 0 atom stereocenters. The maximum atomic E-state index is 11.7. The molecule has 0 aromatic heterocycles. The predicted octanol–water partition coefficient (Wildman–Crippen LogP) is 3.45. The van der Waals surface area contributed by atoms with Crippen LogP contribution in [0.2, 0.25) is 0 Å². The van der Waals surface area contributed by atoms with E-state index in [4.69, 9.17) is 0 Å². The fraction of sp³-hybridized carbons (Fsp3) is 0.462. The third-order valence-corrected chi connectivity index (χ3v) is 3.10. The fourth-order valence-corrected chi connectivity index (χ4v) is 1.89. The van der Waals surface area contributed by atoms with Crippen LogP contribution in [0.25, 0.3) is 0 Å². The maximum absolute atomic E-state index is 11.7. The van der Waals surface area contributed by atoms with Crippen molar-refractivity contribution < 1.29 is 4.79 Å². The van der Waals surface area contributed by atoms with Crippen LogP contribution >= 0.6 is 0 Å². The summed E-state index contributed by atoms with van der Waals surface area (Å²) in [5, 5.41) is 0. The van der Waals surface area contributed by atoms with Gasteiger partial charge < -0.3 is 0 Å². The molecule has 1 saturated carbocycles. The van der Waals surface area contributed by atoms with Crippen LogP contribution in [0.1, 0.15) is 42.5 Å². The van der Waals surface area contributed by atoms with Crippen molar-refractivity contribution in [3.63, 3.8) is 0 Å². The van der Waals surface area contributed by atoms with Crippen molar-refractivity contribution in [2.24, 2.45) is 5.92 Å². The molecule has 1 fully saturated rings. The molecule has 0 radical (unpaired) electrons. The Morgan fingerprint density at radius 1 is 1.21 bits per heavy atom. The Morgan fingerprint density at radius 3 is 2.50 bits per heavy atom. The maximum Gasteiger partial charge on any atom is 0.162 e. The molecule has 14 heavy (non-hydrogen) atoms. The Balaban J connectivity index is 1.83. The zero-order chi connectivity index (χ0) is 9.80. The minimum atomic E-state index is 0.303. The first-order valence-electron chi connectivity index (χ1n) is 5.44. The van der Waals surface area contributed by atoms with Crippen molar-refractivity contribution in [2.45, 2.75) is 32.1 Å². The van der Waals surface area contributed by atoms with Crippen LogP contribution in [0.5, 0.6) is 0 Å². The molecular weight excluding hydrogens is 172 g/mol. The smallest absolute Gasteiger partial charge is 0.162 e. The molecule has 0 N–H and O–H groups in total. The summed E-state index contributed by atoms with van der Waals surface area (Å²) in [5.74, 6) is 1.14. The molecule has 1 aromatic carbocycles. The molecule has 0 aliphatic heterocycles. The number of hydrogen-bond donors (Lipinski definition) is 0. The lowest BCUT2D eigenvalue weighted by atomic mass is 9.81. The SMILES string of the molecule is O=C(CCC1CCC1)c1ccccc1. The standard InChI is InChI=1S/C13H16O/c14-13(10-9-11-5-4-6-11)12-7-2-1-3-8-12/h1-3,7-8,11H,4-6,9-10H2. The first-order chi connectivity index (χ1) is 6.86. The lowest BCUT2D eigenvalue weighted by Gasteiger charge is -2.24. The van der Waals surface area contributed by atoms with Gasteiger partial charge in [-0.25, -0.2) is 0 Å². The van der Waals surface area contributed by atoms with Crippen LogP contribution in [-0.4, -0.2) is 5.78 Å². The topological polar surface area (TPSA) is 17.1 Å². The summed E-state index contributed by atoms with van der Waals surface area (Å²) in [6.07, 6.45) is 5.86. The van der Waals surface area contributed by atoms with E-state index in [0.717, 1.165) is 24.3 Å². The highest BCUT2D eigenvalue weighted by Gasteiger charge is 2.18. The summed E-state index contributed by atoms with van der Waals surface area (Å²) in [6, 6.07) is 9.61. The minimum absolute atomic E-state index is 0.303. The van der Waals surface area contributed by atoms with Gasteiger partial charge in [-0.1, -0.05) is 49.6 Å². The summed E-state index contributed by atoms with van der Waals surface area (Å²) >= 11 is 0. The molecule has 74 valence electrons. The molecule has 1 nitrogen and oxygen atoms in total. The molecular formula is C13H16O. The third kappa shape index (κ3) is 2.22. The van der Waals surface area contributed by atoms with E-state index in [2.05, 4.69) is 0 Å². The van der Waals surface area contributed by atoms with Crippen molar-refractivity contribution in [1.29, 1.82) is 0 Å². The molecule has 0 bridgehead atoms. The van der Waals surface area contributed by atoms with Gasteiger partial charge in [-0.05, 0) is 12.3 Å². The van der Waals surface area contributed by atoms with Gasteiger partial charge in [-0.2, -0.15) is 0 Å². The second-order valence-corrected chi connectivity index (χ2v) is 4.12. The fourth-order valence-electron chi connectivity index (χ4n) is 1.89. The Labute approximate surface area is 85.1 Å². The van der Waals surface area contributed by atoms with Gasteiger partial charge in [-0.3, -0.25) is 4.79 Å². The van der Waals surface area contributed by atoms with Gasteiger partial charge in [0.25, 0.3) is 0 Å². The van der Waals surface area contributed by atoms with Crippen LogP contribution in [0.4, 0.5) is 0 Å². The zero-order valence-corrected chi connectivity index (χ0v) is 8.41. The number of carbonyl (C=O) groups excluding carboxylic acids is 1. The van der Waals surface area contributed by atoms with Crippen LogP contribution in [0.15, 0.2) is 30.3 Å². The van der Waals surface area contributed by atoms with Crippen LogP contribution in [-0.2, 0) is 0 Å². The number of rotatable bonds is 4. The largest absolute Gasteiger partial charge is 0.294 e. The van der Waals surface area contributed by atoms with E-state index in [0.29, 0.717) is 5.78 Å². The van der Waals surface area contributed by atoms with Gasteiger partial charge in [0, 0.05) is 12.0 Å². The molecule has 0 heterocycles. The highest BCUT2D eigenvalue weighted by atomic mass is 16.1. The van der Waals surface area contributed by atoms with E-state index in [9.17, 15) is 4.79 Å². The Kier molecular flexibility index (Phi) is 2.97. The second kappa shape index (κ2) is 4.41. The van der Waals surface area contributed by atoms with E-state index in [-0.39, 0.29) is 0 Å². The molecule has 0 spiro atoms. The summed E-state index contributed by atoms with van der Waals surface area (Å²) in [6.45, 7) is 0. The summed E-state index contributed by atoms with van der Waals surface area (Å²) in [4.78, 5) is 11.7. The summed E-state index contributed by atoms with van der Waals surface area (Å²) in [5.41, 5.74) is 0.867. The number of Topliss-reactive ketones (excluding diaryl/α,β-unsaturated/α-hetero) is 1. The van der Waals surface area contributed by atoms with Gasteiger partial charge in [0.15, 0.2) is 5.78 Å². The normalized spacial score (nSPS) is 16.3. The Morgan fingerprint density at radius 2 is 1.93 bits per heavy atom. The molecule has 1 aliphatic rings. The van der Waals surface area contributed by atoms with Crippen LogP contribution < -0.4 is 0 Å². The van der Waals surface area contributed by atoms with Gasteiger partial charge in [0.1, 0.15) is 0 Å². The molecule has 2 rings (SSSR count). The van der Waals surface area contributed by atoms with E-state index in [1.54, 1.807) is 0 Å². The average Bonchev–Trinajstić information content (AvgIpc) is 2.16. The highest BCUT2D eigenvalue weighted by molar-refractivity contribution is 5.95. The van der Waals surface area contributed by atoms with Gasteiger partial charge in [-0.15, -0.1) is 0 Å². The lowest BCUT2D eigenvalue weighted by molar-refractivity contribution is 0.0965. The lowest BCUT2D eigenvalue weighted by Crippen LogP contribution is -2.12. The molecule has 0 saturated heterocycles. The molecule has 0 unspecified atom stereocenters. The van der Waals surface area contributed by atoms with E-state index >= 15 is 0 Å². The molecule has 1 aliphatic carbocycles. The highest BCUT2D eigenvalue weighted by Crippen LogP contribution is 2.30. The quantitative estimate of drug-likeness (QED) is 0.661. The molecule has 1 heteroatoms. The van der Waals surface area contributed by atoms with Crippen LogP contribution in [0, 0.1) is 5.92 Å². The number of hydrogen-bond acceptors (Lipinski definition) is 1. The monoisotopic (exact) mass is 188 g/mol. The number of benzene rings is 1. The van der Waals surface area contributed by atoms with Crippen LogP contribution in [0.3, 0.4) is 0 Å².